The first-order valence-corrected chi connectivity index (χ1v) is 6.76. The van der Waals surface area contributed by atoms with Gasteiger partial charge in [0.25, 0.3) is 0 Å². The van der Waals surface area contributed by atoms with E-state index < -0.39 is 5.97 Å². The van der Waals surface area contributed by atoms with Crippen LogP contribution in [0.3, 0.4) is 0 Å². The fraction of sp³-hybridized carbons (Fsp3) is 0.692. The fourth-order valence-electron chi connectivity index (χ4n) is 3.45. The highest BCUT2D eigenvalue weighted by molar-refractivity contribution is 5.92. The lowest BCUT2D eigenvalue weighted by Crippen LogP contribution is -2.48. The number of hydrogen-bond acceptors (Lipinski definition) is 5. The van der Waals surface area contributed by atoms with Crippen LogP contribution < -0.4 is 5.73 Å². The molecule has 3 aliphatic rings. The number of anilines is 1. The van der Waals surface area contributed by atoms with Crippen molar-refractivity contribution in [2.75, 3.05) is 32.5 Å². The van der Waals surface area contributed by atoms with Crippen molar-refractivity contribution in [2.24, 2.45) is 5.92 Å². The highest BCUT2D eigenvalue weighted by Crippen LogP contribution is 2.38. The summed E-state index contributed by atoms with van der Waals surface area (Å²) < 4.78 is 6.76. The number of imidazole rings is 1. The highest BCUT2D eigenvalue weighted by Gasteiger charge is 2.37. The quantitative estimate of drug-likeness (QED) is 0.801. The molecular weight excluding hydrogens is 244 g/mol. The van der Waals surface area contributed by atoms with Crippen molar-refractivity contribution in [1.29, 1.82) is 0 Å². The van der Waals surface area contributed by atoms with E-state index in [1.165, 1.54) is 33.0 Å². The van der Waals surface area contributed by atoms with Crippen LogP contribution in [0, 0.1) is 12.8 Å². The number of rotatable bonds is 2. The summed E-state index contributed by atoms with van der Waals surface area (Å²) in [6.07, 6.45) is 2.41. The van der Waals surface area contributed by atoms with E-state index in [0.29, 0.717) is 17.8 Å². The Morgan fingerprint density at radius 2 is 2.11 bits per heavy atom. The van der Waals surface area contributed by atoms with Crippen molar-refractivity contribution in [3.63, 3.8) is 0 Å². The smallest absolute Gasteiger partial charge is 0.360 e. The predicted molar refractivity (Wildman–Crippen MR) is 70.9 cm³/mol. The van der Waals surface area contributed by atoms with Crippen LogP contribution in [0.5, 0.6) is 0 Å². The molecule has 19 heavy (non-hydrogen) atoms. The van der Waals surface area contributed by atoms with Crippen molar-refractivity contribution >= 4 is 11.8 Å². The largest absolute Gasteiger partial charge is 0.464 e. The number of hydrogen-bond donors (Lipinski definition) is 1. The lowest BCUT2D eigenvalue weighted by Gasteiger charge is -2.45. The predicted octanol–water partition coefficient (Wildman–Crippen LogP) is 0.827. The first kappa shape index (κ1) is 12.5. The summed E-state index contributed by atoms with van der Waals surface area (Å²) in [5, 5.41) is 0. The van der Waals surface area contributed by atoms with E-state index in [1.54, 1.807) is 0 Å². The summed E-state index contributed by atoms with van der Waals surface area (Å²) in [5.41, 5.74) is 6.37. The van der Waals surface area contributed by atoms with Gasteiger partial charge in [-0.25, -0.2) is 9.78 Å². The Morgan fingerprint density at radius 3 is 2.63 bits per heavy atom. The number of piperidine rings is 3. The third-order valence-corrected chi connectivity index (χ3v) is 4.46. The van der Waals surface area contributed by atoms with Crippen LogP contribution in [0.15, 0.2) is 0 Å². The van der Waals surface area contributed by atoms with Gasteiger partial charge >= 0.3 is 5.97 Å². The minimum Gasteiger partial charge on any atom is -0.464 e. The fourth-order valence-corrected chi connectivity index (χ4v) is 3.45. The van der Waals surface area contributed by atoms with E-state index >= 15 is 0 Å². The van der Waals surface area contributed by atoms with Gasteiger partial charge in [0, 0.05) is 6.54 Å². The van der Waals surface area contributed by atoms with Gasteiger partial charge in [0.15, 0.2) is 5.69 Å². The van der Waals surface area contributed by atoms with Crippen molar-refractivity contribution in [3.8, 4) is 0 Å². The molecule has 0 aromatic carbocycles. The Kier molecular flexibility index (Phi) is 2.97. The molecule has 3 aliphatic heterocycles. The number of carbonyl (C=O) groups is 1. The molecular formula is C13H20N4O2. The molecule has 0 amide bonds. The summed E-state index contributed by atoms with van der Waals surface area (Å²) in [6, 6.07) is 0.341. The maximum Gasteiger partial charge on any atom is 0.360 e. The summed E-state index contributed by atoms with van der Waals surface area (Å²) in [4.78, 5) is 18.4. The minimum absolute atomic E-state index is 0.247. The van der Waals surface area contributed by atoms with Gasteiger partial charge in [0.05, 0.1) is 13.2 Å². The normalized spacial score (nSPS) is 29.5. The van der Waals surface area contributed by atoms with Crippen molar-refractivity contribution in [1.82, 2.24) is 14.5 Å². The monoisotopic (exact) mass is 264 g/mol. The summed E-state index contributed by atoms with van der Waals surface area (Å²) in [5.74, 6) is 1.44. The summed E-state index contributed by atoms with van der Waals surface area (Å²) in [7, 11) is 1.35. The van der Waals surface area contributed by atoms with Crippen molar-refractivity contribution in [2.45, 2.75) is 25.8 Å². The third-order valence-electron chi connectivity index (χ3n) is 4.46. The Bertz CT molecular complexity index is 503. The topological polar surface area (TPSA) is 73.4 Å². The van der Waals surface area contributed by atoms with Crippen LogP contribution in [0.2, 0.25) is 0 Å². The van der Waals surface area contributed by atoms with E-state index in [2.05, 4.69) is 9.88 Å². The van der Waals surface area contributed by atoms with Crippen LogP contribution in [0.25, 0.3) is 0 Å². The molecule has 104 valence electrons. The molecule has 4 heterocycles. The SMILES string of the molecule is COC(=O)c1nc(C)n(C2CN3CCC2CC3)c1N. The van der Waals surface area contributed by atoms with Crippen LogP contribution in [-0.2, 0) is 4.74 Å². The molecule has 3 saturated heterocycles. The second kappa shape index (κ2) is 4.52. The van der Waals surface area contributed by atoms with E-state index in [9.17, 15) is 4.79 Å². The number of aryl methyl sites for hydroxylation is 1. The average Bonchev–Trinajstić information content (AvgIpc) is 2.74. The van der Waals surface area contributed by atoms with Crippen LogP contribution in [-0.4, -0.2) is 47.2 Å². The van der Waals surface area contributed by atoms with Crippen molar-refractivity contribution in [3.05, 3.63) is 11.5 Å². The highest BCUT2D eigenvalue weighted by atomic mass is 16.5. The number of fused-ring (bicyclic) bond motifs is 3. The minimum atomic E-state index is -0.458. The molecule has 1 aromatic rings. The van der Waals surface area contributed by atoms with Gasteiger partial charge in [-0.3, -0.25) is 0 Å². The number of carbonyl (C=O) groups excluding carboxylic acids is 1. The molecule has 1 atom stereocenters. The molecule has 6 nitrogen and oxygen atoms in total. The maximum absolute atomic E-state index is 11.7. The number of aromatic nitrogens is 2. The van der Waals surface area contributed by atoms with E-state index in [0.717, 1.165) is 12.4 Å². The zero-order valence-electron chi connectivity index (χ0n) is 11.4. The number of ether oxygens (including phenoxy) is 1. The van der Waals surface area contributed by atoms with Gasteiger partial charge in [0.1, 0.15) is 11.6 Å². The van der Waals surface area contributed by atoms with E-state index in [1.807, 2.05) is 11.5 Å². The Labute approximate surface area is 112 Å². The number of nitrogen functional groups attached to an aromatic ring is 1. The number of esters is 1. The lowest BCUT2D eigenvalue weighted by molar-refractivity contribution is 0.0565. The molecule has 3 fully saturated rings. The molecule has 1 aromatic heterocycles. The third kappa shape index (κ3) is 1.90. The first-order valence-electron chi connectivity index (χ1n) is 6.76. The maximum atomic E-state index is 11.7. The second-order valence-corrected chi connectivity index (χ2v) is 5.46. The van der Waals surface area contributed by atoms with Crippen LogP contribution in [0.1, 0.15) is 35.2 Å². The zero-order valence-corrected chi connectivity index (χ0v) is 11.4. The Hall–Kier alpha value is -1.56. The standard InChI is InChI=1S/C13H20N4O2/c1-8-15-11(13(18)19-2)12(14)17(8)10-7-16-5-3-9(10)4-6-16/h9-10H,3-7,14H2,1-2H3. The first-order chi connectivity index (χ1) is 9.11. The molecule has 4 rings (SSSR count). The number of nitrogens with zero attached hydrogens (tertiary/aromatic N) is 3. The summed E-state index contributed by atoms with van der Waals surface area (Å²) in [6.45, 7) is 5.27. The Morgan fingerprint density at radius 1 is 1.42 bits per heavy atom. The van der Waals surface area contributed by atoms with Gasteiger partial charge in [-0.15, -0.1) is 0 Å². The molecule has 0 spiro atoms. The average molecular weight is 264 g/mol. The molecule has 0 radical (unpaired) electrons. The second-order valence-electron chi connectivity index (χ2n) is 5.46. The molecule has 1 unspecified atom stereocenters. The van der Waals surface area contributed by atoms with E-state index in [4.69, 9.17) is 10.5 Å². The zero-order chi connectivity index (χ0) is 13.6. The molecule has 2 N–H and O–H groups in total. The molecule has 2 bridgehead atoms. The number of methoxy groups -OCH3 is 1. The summed E-state index contributed by atoms with van der Waals surface area (Å²) >= 11 is 0. The Balaban J connectivity index is 1.97. The molecule has 6 heteroatoms. The molecule has 0 aliphatic carbocycles. The van der Waals surface area contributed by atoms with Gasteiger partial charge in [-0.1, -0.05) is 0 Å². The van der Waals surface area contributed by atoms with Crippen molar-refractivity contribution < 1.29 is 9.53 Å². The number of nitrogens with two attached hydrogens (primary N) is 1. The van der Waals surface area contributed by atoms with E-state index in [-0.39, 0.29) is 5.69 Å². The van der Waals surface area contributed by atoms with Crippen LogP contribution >= 0.6 is 0 Å². The van der Waals surface area contributed by atoms with Gasteiger partial charge in [-0.2, -0.15) is 0 Å². The van der Waals surface area contributed by atoms with Gasteiger partial charge in [0.2, 0.25) is 0 Å². The van der Waals surface area contributed by atoms with Gasteiger partial charge in [-0.05, 0) is 38.8 Å². The van der Waals surface area contributed by atoms with Crippen LogP contribution in [0.4, 0.5) is 5.82 Å². The lowest BCUT2D eigenvalue weighted by atomic mass is 9.84. The van der Waals surface area contributed by atoms with Gasteiger partial charge < -0.3 is 19.9 Å². The molecule has 0 saturated carbocycles.